The van der Waals surface area contributed by atoms with Crippen molar-refractivity contribution >= 4 is 23.6 Å². The summed E-state index contributed by atoms with van der Waals surface area (Å²) in [7, 11) is 0. The van der Waals surface area contributed by atoms with Crippen LogP contribution in [0.25, 0.3) is 0 Å². The molecule has 0 fully saturated rings. The van der Waals surface area contributed by atoms with Crippen molar-refractivity contribution in [2.45, 2.75) is 13.8 Å². The molecule has 0 saturated heterocycles. The summed E-state index contributed by atoms with van der Waals surface area (Å²) < 4.78 is 4.87. The van der Waals surface area contributed by atoms with E-state index in [2.05, 4.69) is 20.3 Å². The predicted octanol–water partition coefficient (Wildman–Crippen LogP) is 2.42. The molecule has 2 aromatic heterocycles. The van der Waals surface area contributed by atoms with E-state index in [9.17, 15) is 0 Å². The molecule has 0 atom stereocenters. The summed E-state index contributed by atoms with van der Waals surface area (Å²) >= 11 is 5.84. The van der Waals surface area contributed by atoms with Crippen molar-refractivity contribution in [2.24, 2.45) is 4.99 Å². The number of aromatic amines is 1. The Kier molecular flexibility index (Phi) is 2.55. The minimum absolute atomic E-state index is 0.400. The van der Waals surface area contributed by atoms with Crippen LogP contribution in [0.4, 0.5) is 5.82 Å². The van der Waals surface area contributed by atoms with Gasteiger partial charge in [0.15, 0.2) is 11.0 Å². The maximum absolute atomic E-state index is 5.84. The number of hydrogen-bond donors (Lipinski definition) is 1. The van der Waals surface area contributed by atoms with E-state index >= 15 is 0 Å². The Labute approximate surface area is 91.1 Å². The fourth-order valence-corrected chi connectivity index (χ4v) is 1.34. The summed E-state index contributed by atoms with van der Waals surface area (Å²) in [5, 5.41) is 10.7. The van der Waals surface area contributed by atoms with Crippen LogP contribution in [-0.2, 0) is 0 Å². The smallest absolute Gasteiger partial charge is 0.195 e. The predicted molar refractivity (Wildman–Crippen MR) is 56.8 cm³/mol. The molecule has 0 aliphatic carbocycles. The van der Waals surface area contributed by atoms with E-state index in [0.717, 1.165) is 17.0 Å². The monoisotopic (exact) mass is 224 g/mol. The average Bonchev–Trinajstić information content (AvgIpc) is 2.73. The Morgan fingerprint density at radius 3 is 2.87 bits per heavy atom. The fraction of sp³-hybridized carbons (Fsp3) is 0.222. The third-order valence-electron chi connectivity index (χ3n) is 1.89. The van der Waals surface area contributed by atoms with Gasteiger partial charge in [0, 0.05) is 18.0 Å². The first-order chi connectivity index (χ1) is 7.16. The molecule has 0 radical (unpaired) electrons. The molecule has 2 aromatic rings. The van der Waals surface area contributed by atoms with Crippen LogP contribution in [-0.4, -0.2) is 21.6 Å². The number of hydrogen-bond acceptors (Lipinski definition) is 4. The quantitative estimate of drug-likeness (QED) is 0.797. The Bertz CT molecular complexity index is 480. The van der Waals surface area contributed by atoms with E-state index < -0.39 is 0 Å². The second kappa shape index (κ2) is 3.86. The van der Waals surface area contributed by atoms with Crippen molar-refractivity contribution < 1.29 is 4.52 Å². The van der Waals surface area contributed by atoms with Gasteiger partial charge in [-0.3, -0.25) is 5.10 Å². The number of nitrogens with zero attached hydrogens (tertiary/aromatic N) is 3. The molecule has 2 heterocycles. The maximum atomic E-state index is 5.84. The van der Waals surface area contributed by atoms with Crippen LogP contribution >= 0.6 is 11.6 Å². The molecule has 0 spiro atoms. The molecule has 0 unspecified atom stereocenters. The standard InChI is InChI=1S/C9H9ClN4O/c1-5-3-8(14-15-5)11-4-7-6(2)12-13-9(7)10/h3-4H,1-2H3,(H,12,13). The van der Waals surface area contributed by atoms with Crippen molar-refractivity contribution in [3.63, 3.8) is 0 Å². The molecule has 6 heteroatoms. The Balaban J connectivity index is 2.25. The highest BCUT2D eigenvalue weighted by atomic mass is 35.5. The van der Waals surface area contributed by atoms with Crippen LogP contribution in [0.15, 0.2) is 15.6 Å². The summed E-state index contributed by atoms with van der Waals surface area (Å²) in [4.78, 5) is 4.12. The minimum atomic E-state index is 0.400. The van der Waals surface area contributed by atoms with Crippen LogP contribution < -0.4 is 0 Å². The lowest BCUT2D eigenvalue weighted by atomic mass is 10.3. The maximum Gasteiger partial charge on any atom is 0.195 e. The van der Waals surface area contributed by atoms with Gasteiger partial charge in [0.05, 0.1) is 5.56 Å². The molecular formula is C9H9ClN4O. The summed E-state index contributed by atoms with van der Waals surface area (Å²) in [6, 6.07) is 1.74. The number of H-pyrrole nitrogens is 1. The third kappa shape index (κ3) is 2.07. The van der Waals surface area contributed by atoms with Gasteiger partial charge in [0.25, 0.3) is 0 Å². The summed E-state index contributed by atoms with van der Waals surface area (Å²) in [5.74, 6) is 1.24. The minimum Gasteiger partial charge on any atom is -0.359 e. The number of nitrogens with one attached hydrogen (secondary N) is 1. The van der Waals surface area contributed by atoms with Gasteiger partial charge < -0.3 is 4.52 Å². The molecule has 0 aromatic carbocycles. The third-order valence-corrected chi connectivity index (χ3v) is 2.18. The Morgan fingerprint density at radius 2 is 2.33 bits per heavy atom. The highest BCUT2D eigenvalue weighted by Gasteiger charge is 2.05. The lowest BCUT2D eigenvalue weighted by molar-refractivity contribution is 0.399. The van der Waals surface area contributed by atoms with E-state index in [1.165, 1.54) is 0 Å². The molecule has 5 nitrogen and oxygen atoms in total. The van der Waals surface area contributed by atoms with Crippen LogP contribution in [0.3, 0.4) is 0 Å². The second-order valence-corrected chi connectivity index (χ2v) is 3.47. The molecule has 0 bridgehead atoms. The molecule has 0 aliphatic heterocycles. The van der Waals surface area contributed by atoms with Gasteiger partial charge in [-0.2, -0.15) is 5.10 Å². The van der Waals surface area contributed by atoms with Gasteiger partial charge in [-0.1, -0.05) is 16.8 Å². The van der Waals surface area contributed by atoms with Gasteiger partial charge in [-0.05, 0) is 13.8 Å². The summed E-state index contributed by atoms with van der Waals surface area (Å²) in [6.45, 7) is 3.68. The van der Waals surface area contributed by atoms with Crippen molar-refractivity contribution in [3.8, 4) is 0 Å². The SMILES string of the molecule is Cc1cc(N=Cc2c(Cl)n[nH]c2C)no1. The fourth-order valence-electron chi connectivity index (χ4n) is 1.10. The number of halogens is 1. The lowest BCUT2D eigenvalue weighted by Crippen LogP contribution is -1.82. The van der Waals surface area contributed by atoms with Gasteiger partial charge >= 0.3 is 0 Å². The van der Waals surface area contributed by atoms with E-state index in [-0.39, 0.29) is 0 Å². The van der Waals surface area contributed by atoms with Crippen molar-refractivity contribution in [3.05, 3.63) is 28.2 Å². The molecule has 2 rings (SSSR count). The molecule has 15 heavy (non-hydrogen) atoms. The van der Waals surface area contributed by atoms with Crippen molar-refractivity contribution in [1.29, 1.82) is 0 Å². The van der Waals surface area contributed by atoms with Gasteiger partial charge in [0.1, 0.15) is 5.76 Å². The first-order valence-corrected chi connectivity index (χ1v) is 4.72. The van der Waals surface area contributed by atoms with E-state index in [4.69, 9.17) is 16.1 Å². The topological polar surface area (TPSA) is 67.1 Å². The molecule has 78 valence electrons. The van der Waals surface area contributed by atoms with Crippen LogP contribution in [0.5, 0.6) is 0 Å². The van der Waals surface area contributed by atoms with Crippen LogP contribution in [0, 0.1) is 13.8 Å². The highest BCUT2D eigenvalue weighted by Crippen LogP contribution is 2.16. The Hall–Kier alpha value is -1.62. The van der Waals surface area contributed by atoms with Crippen molar-refractivity contribution in [1.82, 2.24) is 15.4 Å². The van der Waals surface area contributed by atoms with Gasteiger partial charge in [-0.15, -0.1) is 0 Å². The second-order valence-electron chi connectivity index (χ2n) is 3.11. The van der Waals surface area contributed by atoms with E-state index in [1.807, 2.05) is 13.8 Å². The molecular weight excluding hydrogens is 216 g/mol. The summed E-state index contributed by atoms with van der Waals surface area (Å²) in [6.07, 6.45) is 1.61. The number of aromatic nitrogens is 3. The van der Waals surface area contributed by atoms with E-state index in [1.54, 1.807) is 12.3 Å². The highest BCUT2D eigenvalue weighted by molar-refractivity contribution is 6.32. The first kappa shape index (κ1) is 9.92. The first-order valence-electron chi connectivity index (χ1n) is 4.34. The number of rotatable bonds is 2. The normalized spacial score (nSPS) is 11.4. The largest absolute Gasteiger partial charge is 0.359 e. The lowest BCUT2D eigenvalue weighted by Gasteiger charge is -1.87. The van der Waals surface area contributed by atoms with Gasteiger partial charge in [0.2, 0.25) is 0 Å². The molecule has 0 aliphatic rings. The van der Waals surface area contributed by atoms with Crippen LogP contribution in [0.1, 0.15) is 17.0 Å². The average molecular weight is 225 g/mol. The molecule has 1 N–H and O–H groups in total. The molecule has 0 amide bonds. The van der Waals surface area contributed by atoms with Crippen molar-refractivity contribution in [2.75, 3.05) is 0 Å². The Morgan fingerprint density at radius 1 is 1.53 bits per heavy atom. The van der Waals surface area contributed by atoms with Crippen LogP contribution in [0.2, 0.25) is 5.15 Å². The van der Waals surface area contributed by atoms with E-state index in [0.29, 0.717) is 11.0 Å². The number of aliphatic imine (C=N–C) groups is 1. The zero-order valence-corrected chi connectivity index (χ0v) is 9.04. The zero-order valence-electron chi connectivity index (χ0n) is 8.28. The van der Waals surface area contributed by atoms with Gasteiger partial charge in [-0.25, -0.2) is 4.99 Å². The summed E-state index contributed by atoms with van der Waals surface area (Å²) in [5.41, 5.74) is 1.63. The number of aryl methyl sites for hydroxylation is 2. The zero-order chi connectivity index (χ0) is 10.8. The molecule has 0 saturated carbocycles.